The van der Waals surface area contributed by atoms with E-state index >= 15 is 0 Å². The van der Waals surface area contributed by atoms with E-state index < -0.39 is 0 Å². The van der Waals surface area contributed by atoms with Crippen molar-refractivity contribution in [2.24, 2.45) is 0 Å². The average molecular weight is 366 g/mol. The van der Waals surface area contributed by atoms with Crippen molar-refractivity contribution >= 4 is 5.91 Å². The summed E-state index contributed by atoms with van der Waals surface area (Å²) in [7, 11) is 4.42. The van der Waals surface area contributed by atoms with E-state index in [1.165, 1.54) is 52.1 Å². The third kappa shape index (κ3) is 5.91. The SMILES string of the molecule is CN1CCC(N2CCN(C(=O)CCCCN3CCN(C)CC3)CC2)CC1. The Morgan fingerprint density at radius 3 is 2.04 bits per heavy atom. The Labute approximate surface area is 160 Å². The van der Waals surface area contributed by atoms with Crippen molar-refractivity contribution in [3.8, 4) is 0 Å². The van der Waals surface area contributed by atoms with Crippen molar-refractivity contribution in [1.29, 1.82) is 0 Å². The zero-order valence-electron chi connectivity index (χ0n) is 17.0. The van der Waals surface area contributed by atoms with Crippen LogP contribution in [0.5, 0.6) is 0 Å². The molecule has 0 aromatic heterocycles. The highest BCUT2D eigenvalue weighted by Crippen LogP contribution is 2.18. The first kappa shape index (κ1) is 20.1. The van der Waals surface area contributed by atoms with Gasteiger partial charge < -0.3 is 19.6 Å². The third-order valence-corrected chi connectivity index (χ3v) is 6.58. The lowest BCUT2D eigenvalue weighted by molar-refractivity contribution is -0.133. The van der Waals surface area contributed by atoms with Crippen molar-refractivity contribution in [3.63, 3.8) is 0 Å². The molecule has 0 saturated carbocycles. The number of likely N-dealkylation sites (N-methyl/N-ethyl adjacent to an activating group) is 1. The van der Waals surface area contributed by atoms with Crippen LogP contribution in [0.2, 0.25) is 0 Å². The lowest BCUT2D eigenvalue weighted by atomic mass is 10.0. The Bertz CT molecular complexity index is 422. The summed E-state index contributed by atoms with van der Waals surface area (Å²) < 4.78 is 0. The predicted octanol–water partition coefficient (Wildman–Crippen LogP) is 0.643. The average Bonchev–Trinajstić information content (AvgIpc) is 2.67. The summed E-state index contributed by atoms with van der Waals surface area (Å²) in [6, 6.07) is 0.743. The van der Waals surface area contributed by atoms with Gasteiger partial charge in [0.25, 0.3) is 0 Å². The van der Waals surface area contributed by atoms with E-state index in [1.807, 2.05) is 0 Å². The number of hydrogen-bond acceptors (Lipinski definition) is 5. The molecule has 0 aromatic carbocycles. The van der Waals surface area contributed by atoms with Gasteiger partial charge in [0.15, 0.2) is 0 Å². The molecule has 0 atom stereocenters. The van der Waals surface area contributed by atoms with Crippen LogP contribution in [0, 0.1) is 0 Å². The molecular formula is C20H39N5O. The van der Waals surface area contributed by atoms with Gasteiger partial charge in [-0.05, 0) is 59.4 Å². The highest BCUT2D eigenvalue weighted by Gasteiger charge is 2.27. The monoisotopic (exact) mass is 365 g/mol. The molecule has 1 amide bonds. The lowest BCUT2D eigenvalue weighted by Crippen LogP contribution is -2.54. The largest absolute Gasteiger partial charge is 0.340 e. The van der Waals surface area contributed by atoms with Gasteiger partial charge in [-0.2, -0.15) is 0 Å². The van der Waals surface area contributed by atoms with Crippen LogP contribution in [0.15, 0.2) is 0 Å². The topological polar surface area (TPSA) is 33.3 Å². The molecule has 3 heterocycles. The number of hydrogen-bond donors (Lipinski definition) is 0. The van der Waals surface area contributed by atoms with Crippen molar-refractivity contribution in [2.45, 2.75) is 38.1 Å². The zero-order chi connectivity index (χ0) is 18.4. The Balaban J connectivity index is 1.26. The standard InChI is InChI=1S/C20H39N5O/c1-21-9-6-19(7-10-21)24-15-17-25(18-16-24)20(26)5-3-4-8-23-13-11-22(2)12-14-23/h19H,3-18H2,1-2H3. The molecule has 150 valence electrons. The first-order valence-corrected chi connectivity index (χ1v) is 10.7. The number of carbonyl (C=O) groups excluding carboxylic acids is 1. The van der Waals surface area contributed by atoms with Gasteiger partial charge in [-0.15, -0.1) is 0 Å². The van der Waals surface area contributed by atoms with Crippen molar-refractivity contribution in [2.75, 3.05) is 86.1 Å². The summed E-state index contributed by atoms with van der Waals surface area (Å²) >= 11 is 0. The van der Waals surface area contributed by atoms with E-state index in [-0.39, 0.29) is 0 Å². The Hall–Kier alpha value is -0.690. The van der Waals surface area contributed by atoms with Crippen molar-refractivity contribution in [3.05, 3.63) is 0 Å². The molecular weight excluding hydrogens is 326 g/mol. The number of amides is 1. The fraction of sp³-hybridized carbons (Fsp3) is 0.950. The van der Waals surface area contributed by atoms with Gasteiger partial charge in [0.05, 0.1) is 0 Å². The number of unbranched alkanes of at least 4 members (excludes halogenated alkanes) is 1. The molecule has 3 aliphatic heterocycles. The second kappa shape index (κ2) is 10.0. The van der Waals surface area contributed by atoms with Crippen LogP contribution < -0.4 is 0 Å². The number of carbonyl (C=O) groups is 1. The smallest absolute Gasteiger partial charge is 0.222 e. The highest BCUT2D eigenvalue weighted by molar-refractivity contribution is 5.76. The molecule has 0 bridgehead atoms. The minimum absolute atomic E-state index is 0.381. The van der Waals surface area contributed by atoms with E-state index in [4.69, 9.17) is 0 Å². The van der Waals surface area contributed by atoms with Crippen LogP contribution in [0.4, 0.5) is 0 Å². The number of likely N-dealkylation sites (tertiary alicyclic amines) is 1. The quantitative estimate of drug-likeness (QED) is 0.646. The number of piperazine rings is 2. The summed E-state index contributed by atoms with van der Waals surface area (Å²) in [5.41, 5.74) is 0. The molecule has 3 rings (SSSR count). The van der Waals surface area contributed by atoms with Crippen LogP contribution in [0.1, 0.15) is 32.1 Å². The molecule has 3 fully saturated rings. The molecule has 26 heavy (non-hydrogen) atoms. The van der Waals surface area contributed by atoms with Gasteiger partial charge in [-0.1, -0.05) is 0 Å². The van der Waals surface area contributed by atoms with Gasteiger partial charge >= 0.3 is 0 Å². The highest BCUT2D eigenvalue weighted by atomic mass is 16.2. The normalized spacial score (nSPS) is 25.7. The minimum Gasteiger partial charge on any atom is -0.340 e. The maximum Gasteiger partial charge on any atom is 0.222 e. The van der Waals surface area contributed by atoms with Crippen molar-refractivity contribution < 1.29 is 4.79 Å². The van der Waals surface area contributed by atoms with Gasteiger partial charge in [0, 0.05) is 64.8 Å². The molecule has 3 saturated heterocycles. The maximum absolute atomic E-state index is 12.5. The molecule has 3 aliphatic rings. The number of nitrogens with zero attached hydrogens (tertiary/aromatic N) is 5. The molecule has 0 aliphatic carbocycles. The fourth-order valence-corrected chi connectivity index (χ4v) is 4.54. The molecule has 0 N–H and O–H groups in total. The van der Waals surface area contributed by atoms with E-state index in [1.54, 1.807) is 0 Å². The van der Waals surface area contributed by atoms with Gasteiger partial charge in [0.2, 0.25) is 5.91 Å². The van der Waals surface area contributed by atoms with E-state index in [2.05, 4.69) is 38.6 Å². The van der Waals surface area contributed by atoms with Crippen LogP contribution in [0.3, 0.4) is 0 Å². The lowest BCUT2D eigenvalue weighted by Gasteiger charge is -2.42. The van der Waals surface area contributed by atoms with Gasteiger partial charge in [-0.25, -0.2) is 0 Å². The summed E-state index contributed by atoms with van der Waals surface area (Å²) in [5.74, 6) is 0.381. The van der Waals surface area contributed by atoms with Gasteiger partial charge in [-0.3, -0.25) is 9.69 Å². The second-order valence-electron chi connectivity index (χ2n) is 8.55. The Morgan fingerprint density at radius 2 is 1.38 bits per heavy atom. The molecule has 0 radical (unpaired) electrons. The van der Waals surface area contributed by atoms with Crippen LogP contribution in [-0.2, 0) is 4.79 Å². The maximum atomic E-state index is 12.5. The van der Waals surface area contributed by atoms with Crippen LogP contribution in [-0.4, -0.2) is 123 Å². The predicted molar refractivity (Wildman–Crippen MR) is 106 cm³/mol. The third-order valence-electron chi connectivity index (χ3n) is 6.58. The fourth-order valence-electron chi connectivity index (χ4n) is 4.54. The first-order valence-electron chi connectivity index (χ1n) is 10.7. The molecule has 6 nitrogen and oxygen atoms in total. The first-order chi connectivity index (χ1) is 12.6. The summed E-state index contributed by atoms with van der Waals surface area (Å²) in [4.78, 5) is 24.6. The Kier molecular flexibility index (Phi) is 7.73. The number of rotatable bonds is 6. The number of piperidine rings is 1. The molecule has 6 heteroatoms. The van der Waals surface area contributed by atoms with E-state index in [9.17, 15) is 4.79 Å². The summed E-state index contributed by atoms with van der Waals surface area (Å²) in [6.45, 7) is 12.3. The zero-order valence-corrected chi connectivity index (χ0v) is 17.0. The minimum atomic E-state index is 0.381. The molecule has 0 aromatic rings. The van der Waals surface area contributed by atoms with Crippen LogP contribution >= 0.6 is 0 Å². The van der Waals surface area contributed by atoms with E-state index in [0.717, 1.165) is 58.0 Å². The second-order valence-corrected chi connectivity index (χ2v) is 8.55. The van der Waals surface area contributed by atoms with Gasteiger partial charge in [0.1, 0.15) is 0 Å². The molecule has 0 spiro atoms. The Morgan fingerprint density at radius 1 is 0.769 bits per heavy atom. The molecule has 0 unspecified atom stereocenters. The van der Waals surface area contributed by atoms with E-state index in [0.29, 0.717) is 5.91 Å². The van der Waals surface area contributed by atoms with Crippen molar-refractivity contribution in [1.82, 2.24) is 24.5 Å². The summed E-state index contributed by atoms with van der Waals surface area (Å²) in [6.07, 6.45) is 5.51. The summed E-state index contributed by atoms with van der Waals surface area (Å²) in [5, 5.41) is 0. The van der Waals surface area contributed by atoms with Crippen LogP contribution in [0.25, 0.3) is 0 Å².